The topological polar surface area (TPSA) is 53.1 Å². The van der Waals surface area contributed by atoms with Gasteiger partial charge in [0.15, 0.2) is 6.61 Å². The molecule has 2 heterocycles. The standard InChI is InChI=1S/C24H28ClN3O3/c1-24(2,3)17-7-8-21-20(13-17)28(23(30)16-31-21)15-22(29)27-11-9-26(10-12-27)19-6-4-5-18(25)14-19/h4-8,13-14H,9-12,15-16H2,1-3H3. The molecule has 4 rings (SSSR count). The van der Waals surface area contributed by atoms with Crippen molar-refractivity contribution in [2.24, 2.45) is 0 Å². The van der Waals surface area contributed by atoms with Gasteiger partial charge in [-0.2, -0.15) is 0 Å². The summed E-state index contributed by atoms with van der Waals surface area (Å²) < 4.78 is 5.60. The largest absolute Gasteiger partial charge is 0.482 e. The van der Waals surface area contributed by atoms with E-state index in [4.69, 9.17) is 16.3 Å². The van der Waals surface area contributed by atoms with Gasteiger partial charge >= 0.3 is 0 Å². The van der Waals surface area contributed by atoms with Crippen LogP contribution in [0.3, 0.4) is 0 Å². The van der Waals surface area contributed by atoms with E-state index in [2.05, 4.69) is 25.7 Å². The number of carbonyl (C=O) groups excluding carboxylic acids is 2. The maximum absolute atomic E-state index is 13.1. The fraction of sp³-hybridized carbons (Fsp3) is 0.417. The molecule has 164 valence electrons. The van der Waals surface area contributed by atoms with Crippen molar-refractivity contribution in [3.63, 3.8) is 0 Å². The Bertz CT molecular complexity index is 994. The van der Waals surface area contributed by atoms with Crippen LogP contribution in [0.25, 0.3) is 0 Å². The summed E-state index contributed by atoms with van der Waals surface area (Å²) in [4.78, 5) is 31.3. The molecule has 0 aliphatic carbocycles. The number of benzene rings is 2. The van der Waals surface area contributed by atoms with Crippen LogP contribution in [-0.4, -0.2) is 56.0 Å². The molecule has 2 aromatic carbocycles. The molecule has 0 saturated carbocycles. The molecule has 2 aliphatic rings. The highest BCUT2D eigenvalue weighted by Crippen LogP contribution is 2.36. The van der Waals surface area contributed by atoms with Crippen molar-refractivity contribution in [3.05, 3.63) is 53.1 Å². The lowest BCUT2D eigenvalue weighted by atomic mass is 9.86. The molecular formula is C24H28ClN3O3. The van der Waals surface area contributed by atoms with E-state index < -0.39 is 0 Å². The Labute approximate surface area is 188 Å². The zero-order chi connectivity index (χ0) is 22.2. The van der Waals surface area contributed by atoms with Gasteiger partial charge in [-0.3, -0.25) is 14.5 Å². The molecule has 7 heteroatoms. The summed E-state index contributed by atoms with van der Waals surface area (Å²) in [5.74, 6) is 0.406. The number of hydrogen-bond acceptors (Lipinski definition) is 4. The van der Waals surface area contributed by atoms with Crippen LogP contribution in [0.1, 0.15) is 26.3 Å². The van der Waals surface area contributed by atoms with Crippen molar-refractivity contribution in [2.45, 2.75) is 26.2 Å². The summed E-state index contributed by atoms with van der Waals surface area (Å²) in [5.41, 5.74) is 2.76. The van der Waals surface area contributed by atoms with E-state index in [0.29, 0.717) is 29.5 Å². The Morgan fingerprint density at radius 2 is 1.81 bits per heavy atom. The molecule has 6 nitrogen and oxygen atoms in total. The minimum atomic E-state index is -0.190. The summed E-state index contributed by atoms with van der Waals surface area (Å²) in [6.07, 6.45) is 0. The fourth-order valence-corrected chi connectivity index (χ4v) is 4.15. The summed E-state index contributed by atoms with van der Waals surface area (Å²) in [5, 5.41) is 0.704. The smallest absolute Gasteiger partial charge is 0.265 e. The van der Waals surface area contributed by atoms with Crippen LogP contribution in [0.5, 0.6) is 5.75 Å². The molecule has 2 aromatic rings. The monoisotopic (exact) mass is 441 g/mol. The van der Waals surface area contributed by atoms with Crippen molar-refractivity contribution >= 4 is 34.8 Å². The van der Waals surface area contributed by atoms with Crippen molar-refractivity contribution in [1.29, 1.82) is 0 Å². The number of nitrogens with zero attached hydrogens (tertiary/aromatic N) is 3. The summed E-state index contributed by atoms with van der Waals surface area (Å²) >= 11 is 6.11. The van der Waals surface area contributed by atoms with Gasteiger partial charge in [0.2, 0.25) is 5.91 Å². The molecule has 0 aromatic heterocycles. The van der Waals surface area contributed by atoms with E-state index in [1.165, 1.54) is 0 Å². The van der Waals surface area contributed by atoms with Gasteiger partial charge in [-0.15, -0.1) is 0 Å². The number of carbonyl (C=O) groups is 2. The lowest BCUT2D eigenvalue weighted by molar-refractivity contribution is -0.132. The Kier molecular flexibility index (Phi) is 5.84. The molecule has 0 bridgehead atoms. The highest BCUT2D eigenvalue weighted by molar-refractivity contribution is 6.30. The first-order valence-electron chi connectivity index (χ1n) is 10.6. The van der Waals surface area contributed by atoms with Crippen LogP contribution in [-0.2, 0) is 15.0 Å². The Morgan fingerprint density at radius 3 is 2.48 bits per heavy atom. The predicted molar refractivity (Wildman–Crippen MR) is 123 cm³/mol. The molecule has 0 unspecified atom stereocenters. The first-order valence-corrected chi connectivity index (χ1v) is 11.0. The predicted octanol–water partition coefficient (Wildman–Crippen LogP) is 3.71. The highest BCUT2D eigenvalue weighted by Gasteiger charge is 2.31. The molecule has 1 saturated heterocycles. The van der Waals surface area contributed by atoms with Gasteiger partial charge in [-0.25, -0.2) is 0 Å². The minimum Gasteiger partial charge on any atom is -0.482 e. The number of ether oxygens (including phenoxy) is 1. The number of piperazine rings is 1. The van der Waals surface area contributed by atoms with Gasteiger partial charge in [0.05, 0.1) is 5.69 Å². The van der Waals surface area contributed by atoms with Crippen molar-refractivity contribution in [2.75, 3.05) is 49.1 Å². The second kappa shape index (κ2) is 8.42. The number of rotatable bonds is 3. The maximum atomic E-state index is 13.1. The Balaban J connectivity index is 1.45. The molecule has 0 N–H and O–H groups in total. The number of fused-ring (bicyclic) bond motifs is 1. The van der Waals surface area contributed by atoms with Crippen LogP contribution >= 0.6 is 11.6 Å². The quantitative estimate of drug-likeness (QED) is 0.728. The van der Waals surface area contributed by atoms with Crippen LogP contribution in [0, 0.1) is 0 Å². The molecule has 2 amide bonds. The van der Waals surface area contributed by atoms with E-state index in [-0.39, 0.29) is 30.4 Å². The van der Waals surface area contributed by atoms with Crippen molar-refractivity contribution in [1.82, 2.24) is 4.90 Å². The normalized spacial score (nSPS) is 16.8. The molecule has 0 spiro atoms. The lowest BCUT2D eigenvalue weighted by Gasteiger charge is -2.37. The van der Waals surface area contributed by atoms with E-state index in [9.17, 15) is 9.59 Å². The van der Waals surface area contributed by atoms with E-state index in [1.54, 1.807) is 4.90 Å². The zero-order valence-corrected chi connectivity index (χ0v) is 19.0. The third-order valence-electron chi connectivity index (χ3n) is 5.87. The fourth-order valence-electron chi connectivity index (χ4n) is 3.96. The number of halogens is 1. The van der Waals surface area contributed by atoms with Gasteiger partial charge < -0.3 is 14.5 Å². The van der Waals surface area contributed by atoms with Gasteiger partial charge in [0, 0.05) is 36.9 Å². The van der Waals surface area contributed by atoms with Crippen LogP contribution in [0.15, 0.2) is 42.5 Å². The minimum absolute atomic E-state index is 0.0277. The molecule has 31 heavy (non-hydrogen) atoms. The van der Waals surface area contributed by atoms with Crippen molar-refractivity contribution in [3.8, 4) is 5.75 Å². The molecular weight excluding hydrogens is 414 g/mol. The Hall–Kier alpha value is -2.73. The van der Waals surface area contributed by atoms with E-state index in [1.807, 2.05) is 47.4 Å². The highest BCUT2D eigenvalue weighted by atomic mass is 35.5. The molecule has 1 fully saturated rings. The van der Waals surface area contributed by atoms with Crippen LogP contribution < -0.4 is 14.5 Å². The van der Waals surface area contributed by atoms with Crippen LogP contribution in [0.2, 0.25) is 5.02 Å². The molecule has 0 atom stereocenters. The number of amides is 2. The maximum Gasteiger partial charge on any atom is 0.265 e. The van der Waals surface area contributed by atoms with Gasteiger partial charge in [-0.05, 0) is 41.3 Å². The third-order valence-corrected chi connectivity index (χ3v) is 6.10. The Morgan fingerprint density at radius 1 is 1.06 bits per heavy atom. The molecule has 0 radical (unpaired) electrons. The number of hydrogen-bond donors (Lipinski definition) is 0. The first-order chi connectivity index (χ1) is 14.7. The zero-order valence-electron chi connectivity index (χ0n) is 18.2. The second-order valence-electron chi connectivity index (χ2n) is 9.05. The summed E-state index contributed by atoms with van der Waals surface area (Å²) in [6.45, 7) is 9.02. The average molecular weight is 442 g/mol. The van der Waals surface area contributed by atoms with Gasteiger partial charge in [0.25, 0.3) is 5.91 Å². The second-order valence-corrected chi connectivity index (χ2v) is 9.49. The average Bonchev–Trinajstić information content (AvgIpc) is 2.75. The first kappa shape index (κ1) is 21.5. The van der Waals surface area contributed by atoms with Gasteiger partial charge in [-0.1, -0.05) is 44.5 Å². The summed E-state index contributed by atoms with van der Waals surface area (Å²) in [7, 11) is 0. The molecule has 2 aliphatic heterocycles. The SMILES string of the molecule is CC(C)(C)c1ccc2c(c1)N(CC(=O)N1CCN(c3cccc(Cl)c3)CC1)C(=O)CO2. The van der Waals surface area contributed by atoms with Crippen LogP contribution in [0.4, 0.5) is 11.4 Å². The van der Waals surface area contributed by atoms with E-state index >= 15 is 0 Å². The third kappa shape index (κ3) is 4.64. The van der Waals surface area contributed by atoms with Gasteiger partial charge in [0.1, 0.15) is 12.3 Å². The van der Waals surface area contributed by atoms with E-state index in [0.717, 1.165) is 24.3 Å². The number of anilines is 2. The lowest BCUT2D eigenvalue weighted by Crippen LogP contribution is -2.53. The van der Waals surface area contributed by atoms with Crippen molar-refractivity contribution < 1.29 is 14.3 Å². The summed E-state index contributed by atoms with van der Waals surface area (Å²) in [6, 6.07) is 13.6.